The van der Waals surface area contributed by atoms with Crippen LogP contribution >= 0.6 is 0 Å². The van der Waals surface area contributed by atoms with E-state index in [1.807, 2.05) is 0 Å². The Bertz CT molecular complexity index is 547. The summed E-state index contributed by atoms with van der Waals surface area (Å²) in [4.78, 5) is 3.96. The predicted molar refractivity (Wildman–Crippen MR) is 75.4 cm³/mol. The average molecular weight is 300 g/mol. The summed E-state index contributed by atoms with van der Waals surface area (Å²) < 4.78 is 31.9. The van der Waals surface area contributed by atoms with E-state index in [0.29, 0.717) is 25.4 Å². The molecule has 0 radical (unpaired) electrons. The van der Waals surface area contributed by atoms with Crippen LogP contribution in [0.15, 0.2) is 23.4 Å². The van der Waals surface area contributed by atoms with E-state index in [-0.39, 0.29) is 10.9 Å². The van der Waals surface area contributed by atoms with E-state index in [1.165, 1.54) is 10.5 Å². The molecule has 1 aliphatic heterocycles. The first kappa shape index (κ1) is 15.2. The zero-order valence-electron chi connectivity index (χ0n) is 11.4. The fraction of sp³-hybridized carbons (Fsp3) is 0.583. The minimum atomic E-state index is -3.63. The summed E-state index contributed by atoms with van der Waals surface area (Å²) in [7, 11) is -2.00. The van der Waals surface area contributed by atoms with Gasteiger partial charge in [0.2, 0.25) is 0 Å². The highest BCUT2D eigenvalue weighted by atomic mass is 32.2. The van der Waals surface area contributed by atoms with E-state index in [4.69, 9.17) is 10.6 Å². The van der Waals surface area contributed by atoms with E-state index in [9.17, 15) is 8.42 Å². The SMILES string of the molecule is COCC1CCCN(S(=O)(=O)c2ncccc2NN)C1. The first-order valence-corrected chi connectivity index (χ1v) is 7.94. The van der Waals surface area contributed by atoms with Crippen molar-refractivity contribution in [3.8, 4) is 0 Å². The van der Waals surface area contributed by atoms with Crippen LogP contribution < -0.4 is 11.3 Å². The molecule has 1 atom stereocenters. The van der Waals surface area contributed by atoms with Crippen molar-refractivity contribution in [2.45, 2.75) is 17.9 Å². The number of hydrogen-bond acceptors (Lipinski definition) is 6. The Balaban J connectivity index is 2.25. The number of hydrogen-bond donors (Lipinski definition) is 2. The van der Waals surface area contributed by atoms with Gasteiger partial charge >= 0.3 is 0 Å². The zero-order chi connectivity index (χ0) is 14.6. The maximum absolute atomic E-state index is 12.6. The standard InChI is InChI=1S/C12H20N4O3S/c1-19-9-10-4-3-7-16(8-10)20(17,18)12-11(15-13)5-2-6-14-12/h2,5-6,10,15H,3-4,7-9,13H2,1H3. The molecule has 0 amide bonds. The van der Waals surface area contributed by atoms with Gasteiger partial charge in [-0.2, -0.15) is 4.31 Å². The van der Waals surface area contributed by atoms with E-state index in [0.717, 1.165) is 12.8 Å². The molecular weight excluding hydrogens is 280 g/mol. The molecule has 112 valence electrons. The summed E-state index contributed by atoms with van der Waals surface area (Å²) in [6.07, 6.45) is 3.25. The molecule has 0 aromatic carbocycles. The third-order valence-electron chi connectivity index (χ3n) is 3.40. The van der Waals surface area contributed by atoms with E-state index in [2.05, 4.69) is 10.4 Å². The van der Waals surface area contributed by atoms with Crippen molar-refractivity contribution in [2.24, 2.45) is 11.8 Å². The van der Waals surface area contributed by atoms with Gasteiger partial charge in [-0.15, -0.1) is 0 Å². The Kier molecular flexibility index (Phi) is 4.92. The number of pyridine rings is 1. The molecule has 1 aliphatic rings. The number of anilines is 1. The zero-order valence-corrected chi connectivity index (χ0v) is 12.3. The number of sulfonamides is 1. The summed E-state index contributed by atoms with van der Waals surface area (Å²) >= 11 is 0. The number of nitrogen functional groups attached to an aromatic ring is 1. The normalized spacial score (nSPS) is 20.8. The van der Waals surface area contributed by atoms with Gasteiger partial charge in [-0.25, -0.2) is 13.4 Å². The lowest BCUT2D eigenvalue weighted by molar-refractivity contribution is 0.118. The van der Waals surface area contributed by atoms with Crippen LogP contribution in [-0.2, 0) is 14.8 Å². The molecule has 7 nitrogen and oxygen atoms in total. The summed E-state index contributed by atoms with van der Waals surface area (Å²) in [5.74, 6) is 5.58. The minimum absolute atomic E-state index is 0.0273. The van der Waals surface area contributed by atoms with Crippen molar-refractivity contribution in [3.05, 3.63) is 18.3 Å². The van der Waals surface area contributed by atoms with Crippen molar-refractivity contribution >= 4 is 15.7 Å². The average Bonchev–Trinajstić information content (AvgIpc) is 2.48. The number of rotatable bonds is 5. The Morgan fingerprint density at radius 2 is 2.40 bits per heavy atom. The van der Waals surface area contributed by atoms with Crippen LogP contribution in [0.5, 0.6) is 0 Å². The Hall–Kier alpha value is -1.22. The number of ether oxygens (including phenoxy) is 1. The third-order valence-corrected chi connectivity index (χ3v) is 5.22. The number of methoxy groups -OCH3 is 1. The highest BCUT2D eigenvalue weighted by Crippen LogP contribution is 2.26. The topological polar surface area (TPSA) is 97.5 Å². The van der Waals surface area contributed by atoms with Gasteiger partial charge < -0.3 is 10.2 Å². The molecule has 1 unspecified atom stereocenters. The smallest absolute Gasteiger partial charge is 0.262 e. The maximum Gasteiger partial charge on any atom is 0.262 e. The van der Waals surface area contributed by atoms with Crippen LogP contribution in [0.3, 0.4) is 0 Å². The van der Waals surface area contributed by atoms with Gasteiger partial charge in [0, 0.05) is 26.4 Å². The fourth-order valence-corrected chi connectivity index (χ4v) is 4.07. The Labute approximate surface area is 119 Å². The summed E-state index contributed by atoms with van der Waals surface area (Å²) in [5, 5.41) is -0.0273. The third kappa shape index (κ3) is 3.09. The molecule has 2 rings (SSSR count). The summed E-state index contributed by atoms with van der Waals surface area (Å²) in [5.41, 5.74) is 2.69. The highest BCUT2D eigenvalue weighted by molar-refractivity contribution is 7.89. The van der Waals surface area contributed by atoms with E-state index in [1.54, 1.807) is 19.2 Å². The van der Waals surface area contributed by atoms with Crippen molar-refractivity contribution in [3.63, 3.8) is 0 Å². The molecular formula is C12H20N4O3S. The molecule has 0 saturated carbocycles. The van der Waals surface area contributed by atoms with Gasteiger partial charge in [0.1, 0.15) is 0 Å². The minimum Gasteiger partial charge on any atom is -0.384 e. The quantitative estimate of drug-likeness (QED) is 0.604. The number of nitrogens with one attached hydrogen (secondary N) is 1. The van der Waals surface area contributed by atoms with E-state index < -0.39 is 10.0 Å². The molecule has 1 saturated heterocycles. The molecule has 20 heavy (non-hydrogen) atoms. The largest absolute Gasteiger partial charge is 0.384 e. The van der Waals surface area contributed by atoms with E-state index >= 15 is 0 Å². The Morgan fingerprint density at radius 1 is 1.60 bits per heavy atom. The van der Waals surface area contributed by atoms with Crippen molar-refractivity contribution in [2.75, 3.05) is 32.2 Å². The lowest BCUT2D eigenvalue weighted by Gasteiger charge is -2.31. The lowest BCUT2D eigenvalue weighted by atomic mass is 10.0. The van der Waals surface area contributed by atoms with Gasteiger partial charge in [0.05, 0.1) is 12.3 Å². The van der Waals surface area contributed by atoms with Crippen LogP contribution in [0.25, 0.3) is 0 Å². The highest BCUT2D eigenvalue weighted by Gasteiger charge is 2.32. The molecule has 3 N–H and O–H groups in total. The Morgan fingerprint density at radius 3 is 3.10 bits per heavy atom. The molecule has 1 fully saturated rings. The van der Waals surface area contributed by atoms with Gasteiger partial charge in [0.15, 0.2) is 5.03 Å². The van der Waals surface area contributed by atoms with Crippen LogP contribution in [0.2, 0.25) is 0 Å². The molecule has 2 heterocycles. The molecule has 8 heteroatoms. The van der Waals surface area contributed by atoms with Crippen molar-refractivity contribution < 1.29 is 13.2 Å². The fourth-order valence-electron chi connectivity index (χ4n) is 2.45. The van der Waals surface area contributed by atoms with Gasteiger partial charge in [-0.1, -0.05) is 0 Å². The summed E-state index contributed by atoms with van der Waals surface area (Å²) in [6, 6.07) is 3.23. The first-order chi connectivity index (χ1) is 9.59. The number of nitrogens with two attached hydrogens (primary N) is 1. The number of piperidine rings is 1. The number of hydrazine groups is 1. The van der Waals surface area contributed by atoms with Crippen molar-refractivity contribution in [1.29, 1.82) is 0 Å². The first-order valence-electron chi connectivity index (χ1n) is 6.50. The molecule has 1 aromatic rings. The second kappa shape index (κ2) is 6.49. The molecule has 1 aromatic heterocycles. The molecule has 0 spiro atoms. The van der Waals surface area contributed by atoms with Gasteiger partial charge in [-0.05, 0) is 30.9 Å². The lowest BCUT2D eigenvalue weighted by Crippen LogP contribution is -2.41. The summed E-state index contributed by atoms with van der Waals surface area (Å²) in [6.45, 7) is 1.52. The second-order valence-corrected chi connectivity index (χ2v) is 6.68. The number of aromatic nitrogens is 1. The molecule has 0 aliphatic carbocycles. The monoisotopic (exact) mass is 300 g/mol. The second-order valence-electron chi connectivity index (χ2n) is 4.83. The maximum atomic E-state index is 12.6. The van der Waals surface area contributed by atoms with Crippen LogP contribution in [0, 0.1) is 5.92 Å². The predicted octanol–water partition coefficient (Wildman–Crippen LogP) is 0.414. The van der Waals surface area contributed by atoms with Crippen LogP contribution in [0.1, 0.15) is 12.8 Å². The van der Waals surface area contributed by atoms with Gasteiger partial charge in [-0.3, -0.25) is 5.84 Å². The van der Waals surface area contributed by atoms with Crippen molar-refractivity contribution in [1.82, 2.24) is 9.29 Å². The molecule has 0 bridgehead atoms. The van der Waals surface area contributed by atoms with Crippen LogP contribution in [0.4, 0.5) is 5.69 Å². The van der Waals surface area contributed by atoms with Gasteiger partial charge in [0.25, 0.3) is 10.0 Å². The van der Waals surface area contributed by atoms with Crippen LogP contribution in [-0.4, -0.2) is 44.5 Å². The number of nitrogens with zero attached hydrogens (tertiary/aromatic N) is 2.